The number of carbonyl (C=O) groups excluding carboxylic acids is 1. The maximum atomic E-state index is 12.5. The van der Waals surface area contributed by atoms with Gasteiger partial charge in [-0.05, 0) is 99.2 Å². The quantitative estimate of drug-likeness (QED) is 0.431. The Hall–Kier alpha value is -1.77. The molecule has 3 nitrogen and oxygen atoms in total. The molecule has 0 spiro atoms. The van der Waals surface area contributed by atoms with Gasteiger partial charge >= 0.3 is 0 Å². The lowest BCUT2D eigenvalue weighted by Gasteiger charge is -2.54. The van der Waals surface area contributed by atoms with Gasteiger partial charge in [-0.25, -0.2) is 0 Å². The Labute approximate surface area is 182 Å². The zero-order valence-electron chi connectivity index (χ0n) is 18.9. The van der Waals surface area contributed by atoms with Crippen LogP contribution in [-0.4, -0.2) is 31.0 Å². The summed E-state index contributed by atoms with van der Waals surface area (Å²) in [6, 6.07) is 8.07. The highest BCUT2D eigenvalue weighted by atomic mass is 16.5. The Morgan fingerprint density at radius 1 is 1.03 bits per heavy atom. The Bertz CT molecular complexity index is 695. The van der Waals surface area contributed by atoms with E-state index in [1.54, 1.807) is 0 Å². The molecule has 5 rings (SSSR count). The summed E-state index contributed by atoms with van der Waals surface area (Å²) in [5.74, 6) is 6.25. The molecule has 1 aromatic carbocycles. The predicted octanol–water partition coefficient (Wildman–Crippen LogP) is 6.19. The molecular formula is C27H39NO2. The molecule has 1 amide bonds. The monoisotopic (exact) mass is 409 g/mol. The van der Waals surface area contributed by atoms with Gasteiger partial charge in [-0.15, -0.1) is 0 Å². The van der Waals surface area contributed by atoms with Gasteiger partial charge in [0.15, 0.2) is 0 Å². The number of carbonyl (C=O) groups is 1. The Kier molecular flexibility index (Phi) is 7.17. The predicted molar refractivity (Wildman–Crippen MR) is 123 cm³/mol. The first kappa shape index (κ1) is 21.5. The minimum atomic E-state index is 0.257. The Morgan fingerprint density at radius 2 is 1.70 bits per heavy atom. The van der Waals surface area contributed by atoms with Crippen LogP contribution >= 0.6 is 0 Å². The summed E-state index contributed by atoms with van der Waals surface area (Å²) in [7, 11) is 1.90. The van der Waals surface area contributed by atoms with Crippen LogP contribution in [0.5, 0.6) is 5.75 Å². The fraction of sp³-hybridized carbons (Fsp3) is 0.667. The lowest BCUT2D eigenvalue weighted by Crippen LogP contribution is -2.44. The minimum absolute atomic E-state index is 0.257. The third-order valence-electron chi connectivity index (χ3n) is 7.96. The number of nitrogens with zero attached hydrogens (tertiary/aromatic N) is 1. The van der Waals surface area contributed by atoms with Gasteiger partial charge < -0.3 is 9.64 Å². The van der Waals surface area contributed by atoms with Crippen molar-refractivity contribution in [3.8, 4) is 5.75 Å². The lowest BCUT2D eigenvalue weighted by atomic mass is 9.51. The number of ether oxygens (including phenoxy) is 1. The molecule has 0 aliphatic heterocycles. The lowest BCUT2D eigenvalue weighted by molar-refractivity contribution is -0.130. The van der Waals surface area contributed by atoms with Gasteiger partial charge in [-0.1, -0.05) is 30.7 Å². The molecule has 4 saturated carbocycles. The molecule has 164 valence electrons. The Morgan fingerprint density at radius 3 is 2.33 bits per heavy atom. The van der Waals surface area contributed by atoms with Crippen LogP contribution in [0.4, 0.5) is 0 Å². The van der Waals surface area contributed by atoms with Crippen LogP contribution in [-0.2, 0) is 4.79 Å². The number of unbranched alkanes of at least 4 members (excludes halogenated alkanes) is 1. The molecular weight excluding hydrogens is 370 g/mol. The number of likely N-dealkylation sites (N-methyl/N-ethyl adjacent to an activating group) is 1. The fourth-order valence-electron chi connectivity index (χ4n) is 6.65. The average Bonchev–Trinajstić information content (AvgIpc) is 2.73. The third-order valence-corrected chi connectivity index (χ3v) is 7.96. The van der Waals surface area contributed by atoms with Gasteiger partial charge in [-0.3, -0.25) is 4.79 Å². The van der Waals surface area contributed by atoms with E-state index in [0.29, 0.717) is 19.6 Å². The molecule has 0 saturated heterocycles. The van der Waals surface area contributed by atoms with Crippen molar-refractivity contribution in [1.82, 2.24) is 4.90 Å². The van der Waals surface area contributed by atoms with Gasteiger partial charge in [0.1, 0.15) is 12.4 Å². The van der Waals surface area contributed by atoms with Crippen molar-refractivity contribution in [3.05, 3.63) is 35.9 Å². The first-order valence-electron chi connectivity index (χ1n) is 12.2. The number of rotatable bonds is 10. The summed E-state index contributed by atoms with van der Waals surface area (Å²) in [4.78, 5) is 14.3. The maximum Gasteiger partial charge on any atom is 0.222 e. The van der Waals surface area contributed by atoms with Crippen LogP contribution in [0.15, 0.2) is 30.3 Å². The summed E-state index contributed by atoms with van der Waals surface area (Å²) in [5.41, 5.74) is 1.17. The fourth-order valence-corrected chi connectivity index (χ4v) is 6.65. The molecule has 0 atom stereocenters. The van der Waals surface area contributed by atoms with E-state index in [2.05, 4.69) is 6.08 Å². The normalized spacial score (nSPS) is 29.5. The van der Waals surface area contributed by atoms with Crippen molar-refractivity contribution in [1.29, 1.82) is 0 Å². The van der Waals surface area contributed by atoms with Crippen LogP contribution in [0.3, 0.4) is 0 Å². The molecule has 3 heteroatoms. The summed E-state index contributed by atoms with van der Waals surface area (Å²) in [6.45, 7) is 3.20. The minimum Gasteiger partial charge on any atom is -0.492 e. The number of allylic oxidation sites excluding steroid dienone is 1. The van der Waals surface area contributed by atoms with Crippen LogP contribution in [0, 0.1) is 29.6 Å². The van der Waals surface area contributed by atoms with Gasteiger partial charge in [0.2, 0.25) is 5.91 Å². The summed E-state index contributed by atoms with van der Waals surface area (Å²) < 4.78 is 5.80. The SMILES string of the molecule is C/C=C/c1ccc(OCCN(C)C(=O)CCCCC2C3CC4CC(C3)CC2C4)cc1. The summed E-state index contributed by atoms with van der Waals surface area (Å²) in [6.07, 6.45) is 16.0. The van der Waals surface area contributed by atoms with Crippen LogP contribution in [0.1, 0.15) is 70.3 Å². The molecule has 1 aromatic rings. The van der Waals surface area contributed by atoms with Crippen molar-refractivity contribution in [3.63, 3.8) is 0 Å². The van der Waals surface area contributed by atoms with E-state index in [0.717, 1.165) is 41.8 Å². The van der Waals surface area contributed by atoms with Gasteiger partial charge in [0.05, 0.1) is 6.54 Å². The van der Waals surface area contributed by atoms with Gasteiger partial charge in [0, 0.05) is 13.5 Å². The number of amides is 1. The molecule has 0 heterocycles. The highest BCUT2D eigenvalue weighted by Crippen LogP contribution is 2.57. The number of benzene rings is 1. The molecule has 4 fully saturated rings. The second-order valence-corrected chi connectivity index (χ2v) is 10.1. The first-order valence-corrected chi connectivity index (χ1v) is 12.2. The van der Waals surface area contributed by atoms with E-state index < -0.39 is 0 Å². The van der Waals surface area contributed by atoms with Crippen molar-refractivity contribution in [2.75, 3.05) is 20.2 Å². The van der Waals surface area contributed by atoms with E-state index in [1.807, 2.05) is 49.2 Å². The van der Waals surface area contributed by atoms with E-state index >= 15 is 0 Å². The van der Waals surface area contributed by atoms with E-state index in [4.69, 9.17) is 4.74 Å². The van der Waals surface area contributed by atoms with E-state index in [1.165, 1.54) is 50.5 Å². The van der Waals surface area contributed by atoms with Crippen LogP contribution in [0.25, 0.3) is 6.08 Å². The molecule has 4 aliphatic carbocycles. The standard InChI is InChI=1S/C27H39NO2/c1-3-6-20-9-11-25(12-10-20)30-14-13-28(2)27(29)8-5-4-7-26-23-16-21-15-22(18-23)19-24(26)17-21/h3,6,9-12,21-24,26H,4-5,7-8,13-19H2,1-2H3/b6-3+. The molecule has 4 aliphatic rings. The maximum absolute atomic E-state index is 12.5. The number of hydrogen-bond donors (Lipinski definition) is 0. The van der Waals surface area contributed by atoms with Crippen LogP contribution < -0.4 is 4.74 Å². The first-order chi connectivity index (χ1) is 14.6. The zero-order chi connectivity index (χ0) is 20.9. The van der Waals surface area contributed by atoms with Gasteiger partial charge in [0.25, 0.3) is 0 Å². The second-order valence-electron chi connectivity index (χ2n) is 10.1. The highest BCUT2D eigenvalue weighted by molar-refractivity contribution is 5.75. The molecule has 0 unspecified atom stereocenters. The molecule has 0 N–H and O–H groups in total. The molecule has 4 bridgehead atoms. The van der Waals surface area contributed by atoms with Crippen molar-refractivity contribution < 1.29 is 9.53 Å². The van der Waals surface area contributed by atoms with E-state index in [9.17, 15) is 4.79 Å². The molecule has 0 aromatic heterocycles. The van der Waals surface area contributed by atoms with Crippen LogP contribution in [0.2, 0.25) is 0 Å². The zero-order valence-corrected chi connectivity index (χ0v) is 18.9. The van der Waals surface area contributed by atoms with Crippen molar-refractivity contribution >= 4 is 12.0 Å². The largest absolute Gasteiger partial charge is 0.492 e. The average molecular weight is 410 g/mol. The summed E-state index contributed by atoms with van der Waals surface area (Å²) >= 11 is 0. The Balaban J connectivity index is 1.10. The molecule has 0 radical (unpaired) electrons. The highest BCUT2D eigenvalue weighted by Gasteiger charge is 2.47. The van der Waals surface area contributed by atoms with E-state index in [-0.39, 0.29) is 5.91 Å². The smallest absolute Gasteiger partial charge is 0.222 e. The van der Waals surface area contributed by atoms with Crippen molar-refractivity contribution in [2.45, 2.75) is 64.7 Å². The number of hydrogen-bond acceptors (Lipinski definition) is 2. The molecule has 30 heavy (non-hydrogen) atoms. The topological polar surface area (TPSA) is 29.5 Å². The van der Waals surface area contributed by atoms with Crippen molar-refractivity contribution in [2.24, 2.45) is 29.6 Å². The third kappa shape index (κ3) is 5.28. The van der Waals surface area contributed by atoms with Gasteiger partial charge in [-0.2, -0.15) is 0 Å². The summed E-state index contributed by atoms with van der Waals surface area (Å²) in [5, 5.41) is 0. The second kappa shape index (κ2) is 10.0.